The van der Waals surface area contributed by atoms with Gasteiger partial charge in [0, 0.05) is 24.4 Å². The van der Waals surface area contributed by atoms with Gasteiger partial charge in [-0.15, -0.1) is 0 Å². The van der Waals surface area contributed by atoms with Gasteiger partial charge in [-0.05, 0) is 30.5 Å². The molecule has 2 atom stereocenters. The smallest absolute Gasteiger partial charge is 0.251 e. The predicted octanol–water partition coefficient (Wildman–Crippen LogP) is 0.405. The van der Waals surface area contributed by atoms with E-state index < -0.39 is 21.1 Å². The van der Waals surface area contributed by atoms with Gasteiger partial charge in [-0.25, -0.2) is 8.42 Å². The lowest BCUT2D eigenvalue weighted by Gasteiger charge is -2.22. The van der Waals surface area contributed by atoms with Gasteiger partial charge in [0.25, 0.3) is 5.91 Å². The van der Waals surface area contributed by atoms with E-state index in [0.717, 1.165) is 12.0 Å². The Hall–Kier alpha value is -1.40. The molecular weight excluding hydrogens is 264 g/mol. The van der Waals surface area contributed by atoms with Crippen molar-refractivity contribution in [3.05, 3.63) is 34.9 Å². The Morgan fingerprint density at radius 2 is 2.05 bits per heavy atom. The van der Waals surface area contributed by atoms with Gasteiger partial charge in [-0.3, -0.25) is 4.79 Å². The first-order valence-corrected chi connectivity index (χ1v) is 8.11. The lowest BCUT2D eigenvalue weighted by molar-refractivity contribution is 0.0946. The van der Waals surface area contributed by atoms with Crippen LogP contribution < -0.4 is 11.1 Å². The number of benzene rings is 1. The minimum Gasteiger partial charge on any atom is -0.352 e. The van der Waals surface area contributed by atoms with Crippen molar-refractivity contribution in [2.45, 2.75) is 24.6 Å². The number of nitrogens with one attached hydrogen (secondary N) is 1. The molecule has 0 saturated heterocycles. The number of hydrogen-bond donors (Lipinski definition) is 2. The zero-order valence-corrected chi connectivity index (χ0v) is 11.8. The van der Waals surface area contributed by atoms with Crippen LogP contribution in [0.15, 0.2) is 18.2 Å². The van der Waals surface area contributed by atoms with Crippen LogP contribution >= 0.6 is 0 Å². The molecule has 1 aliphatic heterocycles. The zero-order chi connectivity index (χ0) is 14.2. The Balaban J connectivity index is 2.37. The van der Waals surface area contributed by atoms with E-state index in [9.17, 15) is 13.2 Å². The highest BCUT2D eigenvalue weighted by Gasteiger charge is 2.26. The number of rotatable bonds is 3. The van der Waals surface area contributed by atoms with Crippen LogP contribution in [0.3, 0.4) is 0 Å². The summed E-state index contributed by atoms with van der Waals surface area (Å²) in [5, 5.41) is 2.08. The number of fused-ring (bicyclic) bond motifs is 1. The molecule has 5 nitrogen and oxygen atoms in total. The van der Waals surface area contributed by atoms with Crippen molar-refractivity contribution >= 4 is 15.7 Å². The summed E-state index contributed by atoms with van der Waals surface area (Å²) >= 11 is 0. The van der Waals surface area contributed by atoms with Crippen LogP contribution in [-0.4, -0.2) is 32.4 Å². The summed E-state index contributed by atoms with van der Waals surface area (Å²) in [7, 11) is -3.21. The van der Waals surface area contributed by atoms with E-state index in [1.165, 1.54) is 6.26 Å². The van der Waals surface area contributed by atoms with Crippen molar-refractivity contribution in [1.29, 1.82) is 0 Å². The third kappa shape index (κ3) is 2.79. The van der Waals surface area contributed by atoms with Crippen LogP contribution in [0.25, 0.3) is 0 Å². The van der Waals surface area contributed by atoms with Crippen LogP contribution in [0.1, 0.15) is 34.5 Å². The molecule has 1 heterocycles. The Bertz CT molecular complexity index is 610. The van der Waals surface area contributed by atoms with Crippen LogP contribution in [0.2, 0.25) is 0 Å². The summed E-state index contributed by atoms with van der Waals surface area (Å²) in [5.74, 6) is -0.123. The normalized spacial score (nSPS) is 18.4. The highest BCUT2D eigenvalue weighted by Crippen LogP contribution is 2.23. The third-order valence-corrected chi connectivity index (χ3v) is 5.27. The molecule has 2 rings (SSSR count). The zero-order valence-electron chi connectivity index (χ0n) is 11.0. The molecule has 1 amide bonds. The molecule has 0 radical (unpaired) electrons. The molecular formula is C13H18N2O3S. The SMILES string of the molecule is CC(C(N)c1ccc2c(c1)C(=O)NCC2)S(C)(=O)=O. The number of carbonyl (C=O) groups is 1. The molecule has 0 aliphatic carbocycles. The lowest BCUT2D eigenvalue weighted by atomic mass is 9.94. The molecule has 104 valence electrons. The van der Waals surface area contributed by atoms with Gasteiger partial charge in [-0.2, -0.15) is 0 Å². The Labute approximate surface area is 113 Å². The Morgan fingerprint density at radius 3 is 2.68 bits per heavy atom. The number of amides is 1. The molecule has 0 aromatic heterocycles. The number of carbonyl (C=O) groups excluding carboxylic acids is 1. The van der Waals surface area contributed by atoms with Gasteiger partial charge in [-0.1, -0.05) is 12.1 Å². The van der Waals surface area contributed by atoms with Crippen LogP contribution in [0.4, 0.5) is 0 Å². The molecule has 1 aromatic carbocycles. The second kappa shape index (κ2) is 4.94. The average Bonchev–Trinajstić information content (AvgIpc) is 2.36. The molecule has 1 aromatic rings. The van der Waals surface area contributed by atoms with E-state index in [1.807, 2.05) is 12.1 Å². The van der Waals surface area contributed by atoms with E-state index >= 15 is 0 Å². The first kappa shape index (κ1) is 14.0. The van der Waals surface area contributed by atoms with Gasteiger partial charge in [0.2, 0.25) is 0 Å². The fourth-order valence-electron chi connectivity index (χ4n) is 2.17. The number of nitrogens with two attached hydrogens (primary N) is 1. The van der Waals surface area contributed by atoms with Crippen molar-refractivity contribution in [3.8, 4) is 0 Å². The molecule has 0 spiro atoms. The summed E-state index contributed by atoms with van der Waals surface area (Å²) in [6.45, 7) is 2.22. The van der Waals surface area contributed by atoms with E-state index in [4.69, 9.17) is 5.73 Å². The van der Waals surface area contributed by atoms with Gasteiger partial charge >= 0.3 is 0 Å². The third-order valence-electron chi connectivity index (χ3n) is 3.62. The average molecular weight is 282 g/mol. The standard InChI is InChI=1S/C13H18N2O3S/c1-8(19(2,17)18)12(14)10-4-3-9-5-6-15-13(16)11(9)7-10/h3-4,7-8,12H,5-6,14H2,1-2H3,(H,15,16). The monoisotopic (exact) mass is 282 g/mol. The molecule has 0 fully saturated rings. The van der Waals surface area contributed by atoms with Crippen LogP contribution in [0, 0.1) is 0 Å². The molecule has 19 heavy (non-hydrogen) atoms. The summed E-state index contributed by atoms with van der Waals surface area (Å²) in [4.78, 5) is 11.8. The second-order valence-corrected chi connectivity index (χ2v) is 7.39. The second-order valence-electron chi connectivity index (χ2n) is 4.98. The summed E-state index contributed by atoms with van der Waals surface area (Å²) in [5.41, 5.74) is 8.24. The maximum Gasteiger partial charge on any atom is 0.251 e. The maximum absolute atomic E-state index is 11.8. The topological polar surface area (TPSA) is 89.3 Å². The maximum atomic E-state index is 11.8. The van der Waals surface area contributed by atoms with Gasteiger partial charge in [0.1, 0.15) is 0 Å². The summed E-state index contributed by atoms with van der Waals surface area (Å²) in [6.07, 6.45) is 1.96. The van der Waals surface area contributed by atoms with Crippen LogP contribution in [0.5, 0.6) is 0 Å². The van der Waals surface area contributed by atoms with E-state index in [2.05, 4.69) is 5.32 Å². The fraction of sp³-hybridized carbons (Fsp3) is 0.462. The molecule has 3 N–H and O–H groups in total. The van der Waals surface area contributed by atoms with Crippen molar-refractivity contribution in [1.82, 2.24) is 5.32 Å². The van der Waals surface area contributed by atoms with Gasteiger partial charge in [0.15, 0.2) is 9.84 Å². The molecule has 6 heteroatoms. The lowest BCUT2D eigenvalue weighted by Crippen LogP contribution is -2.33. The predicted molar refractivity (Wildman–Crippen MR) is 73.7 cm³/mol. The largest absolute Gasteiger partial charge is 0.352 e. The van der Waals surface area contributed by atoms with E-state index in [1.54, 1.807) is 13.0 Å². The summed E-state index contributed by atoms with van der Waals surface area (Å²) in [6, 6.07) is 4.74. The first-order valence-electron chi connectivity index (χ1n) is 6.16. The van der Waals surface area contributed by atoms with Crippen molar-refractivity contribution in [2.75, 3.05) is 12.8 Å². The van der Waals surface area contributed by atoms with E-state index in [-0.39, 0.29) is 5.91 Å². The Morgan fingerprint density at radius 1 is 1.37 bits per heavy atom. The van der Waals surface area contributed by atoms with Gasteiger partial charge in [0.05, 0.1) is 5.25 Å². The molecule has 0 saturated carbocycles. The van der Waals surface area contributed by atoms with E-state index in [0.29, 0.717) is 17.7 Å². The molecule has 0 bridgehead atoms. The quantitative estimate of drug-likeness (QED) is 0.840. The van der Waals surface area contributed by atoms with Crippen molar-refractivity contribution < 1.29 is 13.2 Å². The number of sulfone groups is 1. The molecule has 1 aliphatic rings. The summed E-state index contributed by atoms with van der Waals surface area (Å²) < 4.78 is 23.1. The first-order chi connectivity index (χ1) is 8.80. The van der Waals surface area contributed by atoms with Crippen molar-refractivity contribution in [3.63, 3.8) is 0 Å². The fourth-order valence-corrected chi connectivity index (χ4v) is 2.86. The van der Waals surface area contributed by atoms with Crippen molar-refractivity contribution in [2.24, 2.45) is 5.73 Å². The van der Waals surface area contributed by atoms with Gasteiger partial charge < -0.3 is 11.1 Å². The minimum absolute atomic E-state index is 0.123. The minimum atomic E-state index is -3.21. The number of hydrogen-bond acceptors (Lipinski definition) is 4. The Kier molecular flexibility index (Phi) is 3.64. The van der Waals surface area contributed by atoms with Crippen LogP contribution in [-0.2, 0) is 16.3 Å². The molecule has 2 unspecified atom stereocenters. The highest BCUT2D eigenvalue weighted by molar-refractivity contribution is 7.91. The highest BCUT2D eigenvalue weighted by atomic mass is 32.2.